The van der Waals surface area contributed by atoms with Crippen molar-refractivity contribution >= 4 is 20.9 Å². The molecule has 0 aliphatic rings. The average Bonchev–Trinajstić information content (AvgIpc) is 2.48. The SMILES string of the molecule is CCN(CCCO)S(=O)(=O)c1ccc(C)c2ncccc12. The zero-order valence-electron chi connectivity index (χ0n) is 12.3. The molecule has 0 radical (unpaired) electrons. The summed E-state index contributed by atoms with van der Waals surface area (Å²) in [6.45, 7) is 4.36. The highest BCUT2D eigenvalue weighted by Crippen LogP contribution is 2.26. The third kappa shape index (κ3) is 3.07. The van der Waals surface area contributed by atoms with Crippen molar-refractivity contribution in [3.05, 3.63) is 36.0 Å². The van der Waals surface area contributed by atoms with Gasteiger partial charge in [0.15, 0.2) is 0 Å². The van der Waals surface area contributed by atoms with Crippen LogP contribution in [0.25, 0.3) is 10.9 Å². The molecule has 0 amide bonds. The van der Waals surface area contributed by atoms with E-state index in [1.807, 2.05) is 6.92 Å². The molecule has 0 spiro atoms. The van der Waals surface area contributed by atoms with Gasteiger partial charge in [0.1, 0.15) is 0 Å². The Kier molecular flexibility index (Phi) is 4.92. The van der Waals surface area contributed by atoms with Crippen LogP contribution in [0.2, 0.25) is 0 Å². The van der Waals surface area contributed by atoms with Crippen LogP contribution in [-0.2, 0) is 10.0 Å². The maximum absolute atomic E-state index is 12.8. The first kappa shape index (κ1) is 15.9. The molecule has 21 heavy (non-hydrogen) atoms. The van der Waals surface area contributed by atoms with Gasteiger partial charge in [-0.2, -0.15) is 4.31 Å². The monoisotopic (exact) mass is 308 g/mol. The molecule has 0 aliphatic heterocycles. The van der Waals surface area contributed by atoms with Crippen LogP contribution in [-0.4, -0.2) is 42.5 Å². The van der Waals surface area contributed by atoms with Crippen molar-refractivity contribution in [1.29, 1.82) is 0 Å². The second kappa shape index (κ2) is 6.51. The molecule has 0 atom stereocenters. The van der Waals surface area contributed by atoms with Crippen molar-refractivity contribution in [2.24, 2.45) is 0 Å². The van der Waals surface area contributed by atoms with Gasteiger partial charge in [0, 0.05) is 31.3 Å². The number of aliphatic hydroxyl groups is 1. The molecular formula is C15H20N2O3S. The number of nitrogens with zero attached hydrogens (tertiary/aromatic N) is 2. The van der Waals surface area contributed by atoms with Crippen LogP contribution in [0.1, 0.15) is 18.9 Å². The summed E-state index contributed by atoms with van der Waals surface area (Å²) in [5.74, 6) is 0. The van der Waals surface area contributed by atoms with Gasteiger partial charge in [-0.25, -0.2) is 8.42 Å². The van der Waals surface area contributed by atoms with Crippen molar-refractivity contribution in [2.45, 2.75) is 25.2 Å². The Labute approximate surface area is 125 Å². The number of hydrogen-bond donors (Lipinski definition) is 1. The van der Waals surface area contributed by atoms with Crippen LogP contribution >= 0.6 is 0 Å². The fourth-order valence-electron chi connectivity index (χ4n) is 2.35. The van der Waals surface area contributed by atoms with Gasteiger partial charge in [-0.1, -0.05) is 13.0 Å². The standard InChI is InChI=1S/C15H20N2O3S/c1-3-17(10-5-11-18)21(19,20)14-8-7-12(2)15-13(14)6-4-9-16-15/h4,6-9,18H,3,5,10-11H2,1-2H3. The van der Waals surface area contributed by atoms with Gasteiger partial charge in [-0.15, -0.1) is 0 Å². The Hall–Kier alpha value is -1.50. The van der Waals surface area contributed by atoms with Crippen molar-refractivity contribution in [3.63, 3.8) is 0 Å². The zero-order valence-corrected chi connectivity index (χ0v) is 13.1. The number of fused-ring (bicyclic) bond motifs is 1. The predicted molar refractivity (Wildman–Crippen MR) is 82.6 cm³/mol. The van der Waals surface area contributed by atoms with E-state index in [1.165, 1.54) is 4.31 Å². The number of hydrogen-bond acceptors (Lipinski definition) is 4. The molecule has 0 unspecified atom stereocenters. The summed E-state index contributed by atoms with van der Waals surface area (Å²) in [7, 11) is -3.58. The molecule has 1 aromatic carbocycles. The smallest absolute Gasteiger partial charge is 0.243 e. The van der Waals surface area contributed by atoms with Gasteiger partial charge >= 0.3 is 0 Å². The van der Waals surface area contributed by atoms with Gasteiger partial charge in [0.2, 0.25) is 10.0 Å². The van der Waals surface area contributed by atoms with Crippen LogP contribution in [0, 0.1) is 6.92 Å². The maximum atomic E-state index is 12.8. The van der Waals surface area contributed by atoms with Crippen molar-refractivity contribution < 1.29 is 13.5 Å². The molecule has 1 N–H and O–H groups in total. The summed E-state index contributed by atoms with van der Waals surface area (Å²) in [4.78, 5) is 4.55. The summed E-state index contributed by atoms with van der Waals surface area (Å²) < 4.78 is 27.0. The first-order valence-corrected chi connectivity index (χ1v) is 8.41. The van der Waals surface area contributed by atoms with Gasteiger partial charge in [-0.3, -0.25) is 4.98 Å². The number of sulfonamides is 1. The topological polar surface area (TPSA) is 70.5 Å². The van der Waals surface area contributed by atoms with Gasteiger partial charge in [-0.05, 0) is 37.1 Å². The molecule has 2 aromatic rings. The van der Waals surface area contributed by atoms with E-state index in [9.17, 15) is 8.42 Å². The van der Waals surface area contributed by atoms with E-state index in [0.29, 0.717) is 30.4 Å². The second-order valence-electron chi connectivity index (χ2n) is 4.85. The molecule has 0 aliphatic carbocycles. The fourth-order valence-corrected chi connectivity index (χ4v) is 4.02. The number of aliphatic hydroxyl groups excluding tert-OH is 1. The van der Waals surface area contributed by atoms with Crippen molar-refractivity contribution in [3.8, 4) is 0 Å². The van der Waals surface area contributed by atoms with E-state index < -0.39 is 10.0 Å². The third-order valence-electron chi connectivity index (χ3n) is 3.47. The molecule has 1 aromatic heterocycles. The number of rotatable bonds is 6. The van der Waals surface area contributed by atoms with E-state index >= 15 is 0 Å². The summed E-state index contributed by atoms with van der Waals surface area (Å²) in [6, 6.07) is 6.94. The zero-order chi connectivity index (χ0) is 15.5. The molecule has 114 valence electrons. The molecule has 0 fully saturated rings. The van der Waals surface area contributed by atoms with Crippen LogP contribution in [0.15, 0.2) is 35.4 Å². The van der Waals surface area contributed by atoms with E-state index in [2.05, 4.69) is 4.98 Å². The minimum absolute atomic E-state index is 0.0256. The molecule has 6 heteroatoms. The predicted octanol–water partition coefficient (Wildman–Crippen LogP) is 1.94. The lowest BCUT2D eigenvalue weighted by molar-refractivity contribution is 0.271. The average molecular weight is 308 g/mol. The molecule has 1 heterocycles. The summed E-state index contributed by atoms with van der Waals surface area (Å²) in [6.07, 6.45) is 2.09. The molecular weight excluding hydrogens is 288 g/mol. The fraction of sp³-hybridized carbons (Fsp3) is 0.400. The van der Waals surface area contributed by atoms with E-state index in [-0.39, 0.29) is 11.5 Å². The number of aryl methyl sites for hydroxylation is 1. The van der Waals surface area contributed by atoms with E-state index in [4.69, 9.17) is 5.11 Å². The van der Waals surface area contributed by atoms with E-state index in [1.54, 1.807) is 37.4 Å². The number of pyridine rings is 1. The minimum Gasteiger partial charge on any atom is -0.396 e. The van der Waals surface area contributed by atoms with E-state index in [0.717, 1.165) is 5.56 Å². The Morgan fingerprint density at radius 3 is 2.71 bits per heavy atom. The highest BCUT2D eigenvalue weighted by molar-refractivity contribution is 7.89. The van der Waals surface area contributed by atoms with Crippen molar-refractivity contribution in [2.75, 3.05) is 19.7 Å². The largest absolute Gasteiger partial charge is 0.396 e. The van der Waals surface area contributed by atoms with Crippen LogP contribution < -0.4 is 0 Å². The lowest BCUT2D eigenvalue weighted by Gasteiger charge is -2.21. The Bertz CT molecular complexity index is 729. The molecule has 0 bridgehead atoms. The summed E-state index contributed by atoms with van der Waals surface area (Å²) in [5.41, 5.74) is 1.65. The Morgan fingerprint density at radius 2 is 2.05 bits per heavy atom. The lowest BCUT2D eigenvalue weighted by atomic mass is 10.1. The lowest BCUT2D eigenvalue weighted by Crippen LogP contribution is -2.32. The first-order chi connectivity index (χ1) is 10.0. The first-order valence-electron chi connectivity index (χ1n) is 6.97. The van der Waals surface area contributed by atoms with Crippen LogP contribution in [0.5, 0.6) is 0 Å². The second-order valence-corrected chi connectivity index (χ2v) is 6.76. The molecule has 0 saturated heterocycles. The number of aromatic nitrogens is 1. The third-order valence-corrected chi connectivity index (χ3v) is 5.50. The van der Waals surface area contributed by atoms with Crippen LogP contribution in [0.3, 0.4) is 0 Å². The number of benzene rings is 1. The molecule has 0 saturated carbocycles. The Morgan fingerprint density at radius 1 is 1.29 bits per heavy atom. The van der Waals surface area contributed by atoms with Crippen molar-refractivity contribution in [1.82, 2.24) is 9.29 Å². The molecule has 5 nitrogen and oxygen atoms in total. The normalized spacial score (nSPS) is 12.2. The maximum Gasteiger partial charge on any atom is 0.243 e. The highest BCUT2D eigenvalue weighted by atomic mass is 32.2. The van der Waals surface area contributed by atoms with Gasteiger partial charge < -0.3 is 5.11 Å². The highest BCUT2D eigenvalue weighted by Gasteiger charge is 2.25. The molecule has 2 rings (SSSR count). The Balaban J connectivity index is 2.57. The quantitative estimate of drug-likeness (QED) is 0.885. The summed E-state index contributed by atoms with van der Waals surface area (Å²) in [5, 5.41) is 9.56. The summed E-state index contributed by atoms with van der Waals surface area (Å²) >= 11 is 0. The van der Waals surface area contributed by atoms with Gasteiger partial charge in [0.05, 0.1) is 10.4 Å². The minimum atomic E-state index is -3.58. The van der Waals surface area contributed by atoms with Crippen LogP contribution in [0.4, 0.5) is 0 Å². The van der Waals surface area contributed by atoms with Gasteiger partial charge in [0.25, 0.3) is 0 Å².